The summed E-state index contributed by atoms with van der Waals surface area (Å²) >= 11 is 0. The molecule has 0 aliphatic carbocycles. The van der Waals surface area contributed by atoms with Gasteiger partial charge in [-0.05, 0) is 18.1 Å². The number of halogens is 1. The molecule has 0 radical (unpaired) electrons. The molecule has 0 bridgehead atoms. The van der Waals surface area contributed by atoms with Crippen LogP contribution in [0.3, 0.4) is 0 Å². The highest BCUT2D eigenvalue weighted by Gasteiger charge is 2.29. The Labute approximate surface area is 103 Å². The molecule has 1 N–H and O–H groups in total. The van der Waals surface area contributed by atoms with E-state index in [4.69, 9.17) is 0 Å². The van der Waals surface area contributed by atoms with Gasteiger partial charge in [-0.3, -0.25) is 14.9 Å². The first kappa shape index (κ1) is 12.4. The second kappa shape index (κ2) is 5.08. The molecule has 1 atom stereocenters. The molecule has 18 heavy (non-hydrogen) atoms. The summed E-state index contributed by atoms with van der Waals surface area (Å²) in [6, 6.07) is 4.39. The summed E-state index contributed by atoms with van der Waals surface area (Å²) in [6.45, 7) is 0. The Morgan fingerprint density at radius 2 is 2.17 bits per heavy atom. The van der Waals surface area contributed by atoms with E-state index in [0.29, 0.717) is 18.3 Å². The van der Waals surface area contributed by atoms with E-state index in [1.165, 1.54) is 12.1 Å². The van der Waals surface area contributed by atoms with Crippen LogP contribution in [0.15, 0.2) is 18.2 Å². The molecule has 0 aromatic heterocycles. The van der Waals surface area contributed by atoms with Crippen LogP contribution in [0.25, 0.3) is 0 Å². The van der Waals surface area contributed by atoms with Crippen molar-refractivity contribution in [2.24, 2.45) is 0 Å². The molecular formula is C13H12FNO3. The van der Waals surface area contributed by atoms with E-state index in [-0.39, 0.29) is 24.3 Å². The largest absolute Gasteiger partial charge is 0.303 e. The first-order valence-corrected chi connectivity index (χ1v) is 5.67. The van der Waals surface area contributed by atoms with Crippen molar-refractivity contribution in [1.29, 1.82) is 0 Å². The second-order valence-corrected chi connectivity index (χ2v) is 4.23. The number of benzene rings is 1. The highest BCUT2D eigenvalue weighted by molar-refractivity contribution is 6.00. The van der Waals surface area contributed by atoms with Crippen molar-refractivity contribution in [3.8, 4) is 0 Å². The van der Waals surface area contributed by atoms with Gasteiger partial charge in [0.25, 0.3) is 0 Å². The normalized spacial score (nSPS) is 19.5. The zero-order chi connectivity index (χ0) is 13.1. The van der Waals surface area contributed by atoms with Gasteiger partial charge in [0.1, 0.15) is 12.1 Å². The number of hydrogen-bond donors (Lipinski definition) is 1. The minimum absolute atomic E-state index is 0.145. The third-order valence-electron chi connectivity index (χ3n) is 3.00. The van der Waals surface area contributed by atoms with Crippen molar-refractivity contribution in [3.63, 3.8) is 0 Å². The van der Waals surface area contributed by atoms with Crippen LogP contribution < -0.4 is 5.32 Å². The molecule has 1 aromatic rings. The highest BCUT2D eigenvalue weighted by Crippen LogP contribution is 2.27. The van der Waals surface area contributed by atoms with Gasteiger partial charge in [-0.2, -0.15) is 0 Å². The average molecular weight is 249 g/mol. The predicted octanol–water partition coefficient (Wildman–Crippen LogP) is 1.09. The van der Waals surface area contributed by atoms with Crippen LogP contribution in [0.5, 0.6) is 0 Å². The van der Waals surface area contributed by atoms with Gasteiger partial charge < -0.3 is 4.79 Å². The molecule has 1 unspecified atom stereocenters. The van der Waals surface area contributed by atoms with Crippen LogP contribution in [-0.2, 0) is 20.8 Å². The lowest BCUT2D eigenvalue weighted by Gasteiger charge is -2.21. The molecule has 0 saturated carbocycles. The lowest BCUT2D eigenvalue weighted by molar-refractivity contribution is -0.134. The topological polar surface area (TPSA) is 63.2 Å². The van der Waals surface area contributed by atoms with Gasteiger partial charge in [-0.1, -0.05) is 12.1 Å². The quantitative estimate of drug-likeness (QED) is 0.644. The molecule has 2 amide bonds. The van der Waals surface area contributed by atoms with Crippen molar-refractivity contribution in [2.45, 2.75) is 25.2 Å². The summed E-state index contributed by atoms with van der Waals surface area (Å²) < 4.78 is 13.8. The first-order valence-electron chi connectivity index (χ1n) is 5.67. The molecule has 0 spiro atoms. The lowest BCUT2D eigenvalue weighted by Crippen LogP contribution is -2.39. The summed E-state index contributed by atoms with van der Waals surface area (Å²) in [7, 11) is 0. The van der Waals surface area contributed by atoms with Gasteiger partial charge in [0.05, 0.1) is 5.92 Å². The number of hydrogen-bond acceptors (Lipinski definition) is 3. The Morgan fingerprint density at radius 1 is 1.39 bits per heavy atom. The van der Waals surface area contributed by atoms with Crippen LogP contribution in [-0.4, -0.2) is 18.1 Å². The Morgan fingerprint density at radius 3 is 2.78 bits per heavy atom. The van der Waals surface area contributed by atoms with Crippen molar-refractivity contribution in [1.82, 2.24) is 5.32 Å². The van der Waals surface area contributed by atoms with E-state index >= 15 is 0 Å². The zero-order valence-electron chi connectivity index (χ0n) is 9.61. The van der Waals surface area contributed by atoms with E-state index in [9.17, 15) is 18.8 Å². The standard InChI is InChI=1S/C13H12FNO3/c14-11-7-8(5-6-16)1-2-9(11)10-3-4-12(17)15-13(10)18/h1-2,6-7,10H,3-5H2,(H,15,17,18). The molecular weight excluding hydrogens is 237 g/mol. The van der Waals surface area contributed by atoms with Crippen molar-refractivity contribution >= 4 is 18.1 Å². The SMILES string of the molecule is O=CCc1ccc(C2CCC(=O)NC2=O)c(F)c1. The minimum atomic E-state index is -0.631. The van der Waals surface area contributed by atoms with Crippen LogP contribution in [0.2, 0.25) is 0 Å². The van der Waals surface area contributed by atoms with Crippen LogP contribution in [0.1, 0.15) is 29.9 Å². The fourth-order valence-electron chi connectivity index (χ4n) is 2.07. The van der Waals surface area contributed by atoms with Gasteiger partial charge in [0.15, 0.2) is 0 Å². The molecule has 94 valence electrons. The maximum Gasteiger partial charge on any atom is 0.234 e. The summed E-state index contributed by atoms with van der Waals surface area (Å²) in [5, 5.41) is 2.19. The van der Waals surface area contributed by atoms with Gasteiger partial charge >= 0.3 is 0 Å². The van der Waals surface area contributed by atoms with Crippen molar-refractivity contribution in [3.05, 3.63) is 35.1 Å². The monoisotopic (exact) mass is 249 g/mol. The Hall–Kier alpha value is -2.04. The van der Waals surface area contributed by atoms with Crippen LogP contribution >= 0.6 is 0 Å². The summed E-state index contributed by atoms with van der Waals surface area (Å²) in [6.07, 6.45) is 1.37. The van der Waals surface area contributed by atoms with Crippen molar-refractivity contribution < 1.29 is 18.8 Å². The fraction of sp³-hybridized carbons (Fsp3) is 0.308. The van der Waals surface area contributed by atoms with E-state index in [0.717, 1.165) is 0 Å². The number of carbonyl (C=O) groups is 3. The molecule has 2 rings (SSSR count). The maximum atomic E-state index is 13.8. The molecule has 1 saturated heterocycles. The highest BCUT2D eigenvalue weighted by atomic mass is 19.1. The van der Waals surface area contributed by atoms with Gasteiger partial charge in [0.2, 0.25) is 11.8 Å². The number of amides is 2. The number of imide groups is 1. The molecule has 1 aliphatic rings. The molecule has 4 nitrogen and oxygen atoms in total. The number of carbonyl (C=O) groups excluding carboxylic acids is 3. The van der Waals surface area contributed by atoms with E-state index in [2.05, 4.69) is 5.32 Å². The van der Waals surface area contributed by atoms with Gasteiger partial charge in [-0.25, -0.2) is 4.39 Å². The minimum Gasteiger partial charge on any atom is -0.303 e. The zero-order valence-corrected chi connectivity index (χ0v) is 9.61. The molecule has 1 heterocycles. The van der Waals surface area contributed by atoms with Crippen LogP contribution in [0.4, 0.5) is 4.39 Å². The summed E-state index contributed by atoms with van der Waals surface area (Å²) in [4.78, 5) is 33.0. The molecule has 1 fully saturated rings. The molecule has 5 heteroatoms. The fourth-order valence-corrected chi connectivity index (χ4v) is 2.07. The number of rotatable bonds is 3. The average Bonchev–Trinajstić information content (AvgIpc) is 2.31. The number of aldehydes is 1. The first-order chi connectivity index (χ1) is 8.61. The van der Waals surface area contributed by atoms with Crippen molar-refractivity contribution in [2.75, 3.05) is 0 Å². The molecule has 1 aromatic carbocycles. The van der Waals surface area contributed by atoms with E-state index < -0.39 is 17.6 Å². The molecule has 1 aliphatic heterocycles. The summed E-state index contributed by atoms with van der Waals surface area (Å²) in [5.74, 6) is -1.93. The third kappa shape index (κ3) is 2.45. The van der Waals surface area contributed by atoms with Crippen LogP contribution in [0, 0.1) is 5.82 Å². The second-order valence-electron chi connectivity index (χ2n) is 4.23. The third-order valence-corrected chi connectivity index (χ3v) is 3.00. The van der Waals surface area contributed by atoms with E-state index in [1.54, 1.807) is 6.07 Å². The Kier molecular flexibility index (Phi) is 3.50. The maximum absolute atomic E-state index is 13.8. The predicted molar refractivity (Wildman–Crippen MR) is 61.3 cm³/mol. The van der Waals surface area contributed by atoms with Gasteiger partial charge in [0, 0.05) is 18.4 Å². The van der Waals surface area contributed by atoms with Gasteiger partial charge in [-0.15, -0.1) is 0 Å². The lowest BCUT2D eigenvalue weighted by atomic mass is 9.89. The number of piperidine rings is 1. The smallest absolute Gasteiger partial charge is 0.234 e. The number of nitrogens with one attached hydrogen (secondary N) is 1. The Balaban J connectivity index is 2.25. The Bertz CT molecular complexity index is 513. The van der Waals surface area contributed by atoms with E-state index in [1.807, 2.05) is 0 Å². The summed E-state index contributed by atoms with van der Waals surface area (Å²) in [5.41, 5.74) is 0.841.